The van der Waals surface area contributed by atoms with Crippen molar-refractivity contribution in [2.45, 2.75) is 26.8 Å². The van der Waals surface area contributed by atoms with Gasteiger partial charge in [0.15, 0.2) is 0 Å². The second-order valence-electron chi connectivity index (χ2n) is 4.64. The molecule has 2 aromatic rings. The van der Waals surface area contributed by atoms with E-state index in [4.69, 9.17) is 0 Å². The standard InChI is InChI=1S/C14H17N3O/c1-9(2)15-12-5-4-11(8-10(12)3)13-6-7-14(18)17-16-13/h4-9,15H,1-3H3,(H,17,18). The average molecular weight is 243 g/mol. The lowest BCUT2D eigenvalue weighted by molar-refractivity contribution is 0.897. The lowest BCUT2D eigenvalue weighted by Gasteiger charge is -2.13. The zero-order valence-corrected chi connectivity index (χ0v) is 10.8. The van der Waals surface area contributed by atoms with Crippen molar-refractivity contribution in [3.63, 3.8) is 0 Å². The maximum atomic E-state index is 11.0. The molecule has 0 aliphatic heterocycles. The van der Waals surface area contributed by atoms with Gasteiger partial charge in [0.1, 0.15) is 0 Å². The molecule has 18 heavy (non-hydrogen) atoms. The van der Waals surface area contributed by atoms with Crippen LogP contribution in [-0.4, -0.2) is 16.2 Å². The van der Waals surface area contributed by atoms with E-state index in [9.17, 15) is 4.79 Å². The highest BCUT2D eigenvalue weighted by molar-refractivity contribution is 5.65. The predicted molar refractivity (Wildman–Crippen MR) is 73.8 cm³/mol. The summed E-state index contributed by atoms with van der Waals surface area (Å²) in [5, 5.41) is 9.85. The molecule has 1 aromatic carbocycles. The van der Waals surface area contributed by atoms with Crippen LogP contribution in [0.25, 0.3) is 11.3 Å². The Morgan fingerprint density at radius 2 is 2.00 bits per heavy atom. The van der Waals surface area contributed by atoms with Crippen molar-refractivity contribution < 1.29 is 0 Å². The third kappa shape index (κ3) is 2.77. The molecule has 0 radical (unpaired) electrons. The SMILES string of the molecule is Cc1cc(-c2ccc(=O)[nH]n2)ccc1NC(C)C. The van der Waals surface area contributed by atoms with Gasteiger partial charge in [0, 0.05) is 23.4 Å². The average Bonchev–Trinajstić information content (AvgIpc) is 2.32. The molecular weight excluding hydrogens is 226 g/mol. The number of nitrogens with zero attached hydrogens (tertiary/aromatic N) is 1. The van der Waals surface area contributed by atoms with E-state index in [-0.39, 0.29) is 5.56 Å². The number of aromatic nitrogens is 2. The first-order valence-electron chi connectivity index (χ1n) is 5.99. The Kier molecular flexibility index (Phi) is 3.46. The quantitative estimate of drug-likeness (QED) is 0.871. The number of hydrogen-bond donors (Lipinski definition) is 2. The highest BCUT2D eigenvalue weighted by atomic mass is 16.1. The van der Waals surface area contributed by atoms with Crippen molar-refractivity contribution in [2.75, 3.05) is 5.32 Å². The smallest absolute Gasteiger partial charge is 0.264 e. The maximum Gasteiger partial charge on any atom is 0.264 e. The fourth-order valence-corrected chi connectivity index (χ4v) is 1.80. The first-order valence-corrected chi connectivity index (χ1v) is 5.99. The Bertz CT molecular complexity index is 582. The fraction of sp³-hybridized carbons (Fsp3) is 0.286. The Labute approximate surface area is 106 Å². The van der Waals surface area contributed by atoms with Crippen molar-refractivity contribution in [1.29, 1.82) is 0 Å². The van der Waals surface area contributed by atoms with Gasteiger partial charge < -0.3 is 5.32 Å². The molecule has 0 atom stereocenters. The molecule has 4 nitrogen and oxygen atoms in total. The van der Waals surface area contributed by atoms with Gasteiger partial charge in [-0.25, -0.2) is 5.10 Å². The van der Waals surface area contributed by atoms with Crippen molar-refractivity contribution in [1.82, 2.24) is 10.2 Å². The third-order valence-electron chi connectivity index (χ3n) is 2.65. The van der Waals surface area contributed by atoms with Crippen LogP contribution >= 0.6 is 0 Å². The second-order valence-corrected chi connectivity index (χ2v) is 4.64. The Hall–Kier alpha value is -2.10. The highest BCUT2D eigenvalue weighted by Crippen LogP contribution is 2.23. The van der Waals surface area contributed by atoms with Crippen molar-refractivity contribution in [2.24, 2.45) is 0 Å². The number of hydrogen-bond acceptors (Lipinski definition) is 3. The summed E-state index contributed by atoms with van der Waals surface area (Å²) in [6, 6.07) is 9.71. The van der Waals surface area contributed by atoms with Gasteiger partial charge in [-0.2, -0.15) is 5.10 Å². The van der Waals surface area contributed by atoms with E-state index in [1.807, 2.05) is 12.1 Å². The Morgan fingerprint density at radius 3 is 2.56 bits per heavy atom. The molecule has 0 aliphatic carbocycles. The topological polar surface area (TPSA) is 57.8 Å². The van der Waals surface area contributed by atoms with Gasteiger partial charge in [-0.1, -0.05) is 6.07 Å². The molecule has 4 heteroatoms. The van der Waals surface area contributed by atoms with Gasteiger partial charge in [0.25, 0.3) is 5.56 Å². The normalized spacial score (nSPS) is 10.7. The maximum absolute atomic E-state index is 11.0. The number of aryl methyl sites for hydroxylation is 1. The van der Waals surface area contributed by atoms with E-state index < -0.39 is 0 Å². The second kappa shape index (κ2) is 5.04. The predicted octanol–water partition coefficient (Wildman–Crippen LogP) is 2.57. The van der Waals surface area contributed by atoms with E-state index in [2.05, 4.69) is 42.4 Å². The van der Waals surface area contributed by atoms with Crippen LogP contribution in [0.3, 0.4) is 0 Å². The molecule has 0 amide bonds. The van der Waals surface area contributed by atoms with Gasteiger partial charge in [-0.3, -0.25) is 4.79 Å². The number of H-pyrrole nitrogens is 1. The molecule has 0 saturated heterocycles. The molecule has 0 unspecified atom stereocenters. The summed E-state index contributed by atoms with van der Waals surface area (Å²) >= 11 is 0. The van der Waals surface area contributed by atoms with Crippen LogP contribution in [0, 0.1) is 6.92 Å². The van der Waals surface area contributed by atoms with Crippen LogP contribution in [0.5, 0.6) is 0 Å². The lowest BCUT2D eigenvalue weighted by Crippen LogP contribution is -2.10. The number of nitrogens with one attached hydrogen (secondary N) is 2. The molecule has 0 bridgehead atoms. The summed E-state index contributed by atoms with van der Waals surface area (Å²) in [7, 11) is 0. The summed E-state index contributed by atoms with van der Waals surface area (Å²) in [6.45, 7) is 6.27. The van der Waals surface area contributed by atoms with Crippen molar-refractivity contribution >= 4 is 5.69 Å². The highest BCUT2D eigenvalue weighted by Gasteiger charge is 2.04. The zero-order chi connectivity index (χ0) is 13.1. The van der Waals surface area contributed by atoms with Gasteiger partial charge in [0.2, 0.25) is 0 Å². The van der Waals surface area contributed by atoms with E-state index in [0.717, 1.165) is 22.5 Å². The zero-order valence-electron chi connectivity index (χ0n) is 10.8. The molecule has 94 valence electrons. The van der Waals surface area contributed by atoms with Gasteiger partial charge >= 0.3 is 0 Å². The van der Waals surface area contributed by atoms with Gasteiger partial charge in [-0.15, -0.1) is 0 Å². The molecular formula is C14H17N3O. The first kappa shape index (κ1) is 12.4. The van der Waals surface area contributed by atoms with Gasteiger partial charge in [-0.05, 0) is 44.5 Å². The molecule has 2 rings (SSSR count). The monoisotopic (exact) mass is 243 g/mol. The number of benzene rings is 1. The fourth-order valence-electron chi connectivity index (χ4n) is 1.80. The van der Waals surface area contributed by atoms with Crippen LogP contribution < -0.4 is 10.9 Å². The van der Waals surface area contributed by atoms with Crippen LogP contribution in [0.15, 0.2) is 35.1 Å². The molecule has 0 aliphatic rings. The third-order valence-corrected chi connectivity index (χ3v) is 2.65. The van der Waals surface area contributed by atoms with Crippen LogP contribution in [0.2, 0.25) is 0 Å². The van der Waals surface area contributed by atoms with Crippen LogP contribution in [-0.2, 0) is 0 Å². The van der Waals surface area contributed by atoms with E-state index in [1.54, 1.807) is 6.07 Å². The minimum atomic E-state index is -0.187. The number of anilines is 1. The lowest BCUT2D eigenvalue weighted by atomic mass is 10.1. The molecule has 1 aromatic heterocycles. The van der Waals surface area contributed by atoms with E-state index in [1.165, 1.54) is 6.07 Å². The first-order chi connectivity index (χ1) is 8.56. The summed E-state index contributed by atoms with van der Waals surface area (Å²) in [6.07, 6.45) is 0. The van der Waals surface area contributed by atoms with Crippen molar-refractivity contribution in [3.05, 3.63) is 46.2 Å². The molecule has 2 N–H and O–H groups in total. The molecule has 0 fully saturated rings. The number of aromatic amines is 1. The molecule has 1 heterocycles. The van der Waals surface area contributed by atoms with Crippen molar-refractivity contribution in [3.8, 4) is 11.3 Å². The molecule has 0 saturated carbocycles. The van der Waals surface area contributed by atoms with Gasteiger partial charge in [0.05, 0.1) is 5.69 Å². The largest absolute Gasteiger partial charge is 0.383 e. The summed E-state index contributed by atoms with van der Waals surface area (Å²) in [4.78, 5) is 11.0. The Morgan fingerprint density at radius 1 is 1.22 bits per heavy atom. The number of rotatable bonds is 3. The summed E-state index contributed by atoms with van der Waals surface area (Å²) in [5.41, 5.74) is 3.87. The Balaban J connectivity index is 2.33. The van der Waals surface area contributed by atoms with E-state index >= 15 is 0 Å². The minimum Gasteiger partial charge on any atom is -0.383 e. The van der Waals surface area contributed by atoms with E-state index in [0.29, 0.717) is 6.04 Å². The summed E-state index contributed by atoms with van der Waals surface area (Å²) in [5.74, 6) is 0. The summed E-state index contributed by atoms with van der Waals surface area (Å²) < 4.78 is 0. The van der Waals surface area contributed by atoms with Crippen LogP contribution in [0.1, 0.15) is 19.4 Å². The molecule has 0 spiro atoms. The minimum absolute atomic E-state index is 0.187. The van der Waals surface area contributed by atoms with Crippen LogP contribution in [0.4, 0.5) is 5.69 Å².